The average molecular weight is 826 g/mol. The van der Waals surface area contributed by atoms with Crippen LogP contribution in [0.3, 0.4) is 0 Å². The Balaban J connectivity index is 1.34. The Kier molecular flexibility index (Phi) is 15.9. The quantitative estimate of drug-likeness (QED) is 0.0451. The summed E-state index contributed by atoms with van der Waals surface area (Å²) in [4.78, 5) is 3.20. The van der Waals surface area contributed by atoms with Crippen LogP contribution in [-0.2, 0) is 64.0 Å². The van der Waals surface area contributed by atoms with Gasteiger partial charge in [0, 0.05) is 4.91 Å². The van der Waals surface area contributed by atoms with Crippen molar-refractivity contribution in [1.29, 1.82) is 0 Å². The lowest BCUT2D eigenvalue weighted by Gasteiger charge is -2.50. The highest BCUT2D eigenvalue weighted by atomic mass is 28.4. The van der Waals surface area contributed by atoms with E-state index in [2.05, 4.69) is 43.9 Å². The maximum Gasteiger partial charge on any atom is 0.195 e. The molecule has 6 rings (SSSR count). The number of ether oxygens (including phenoxy) is 7. The largest absolute Gasteiger partial charge is 0.392 e. The van der Waals surface area contributed by atoms with Crippen molar-refractivity contribution in [2.45, 2.75) is 134 Å². The Hall–Kier alpha value is -3.95. The van der Waals surface area contributed by atoms with E-state index in [9.17, 15) is 10.6 Å². The predicted octanol–water partition coefficient (Wildman–Crippen LogP) is 8.88. The number of aliphatic hydroxyl groups excluding tert-OH is 1. The molecule has 59 heavy (non-hydrogen) atoms. The van der Waals surface area contributed by atoms with Crippen molar-refractivity contribution in [2.24, 2.45) is 5.11 Å². The van der Waals surface area contributed by atoms with Crippen molar-refractivity contribution in [2.75, 3.05) is 6.61 Å². The highest BCUT2D eigenvalue weighted by Gasteiger charge is 2.54. The Bertz CT molecular complexity index is 1880. The first-order valence-electron chi connectivity index (χ1n) is 20.4. The van der Waals surface area contributed by atoms with Crippen LogP contribution in [0.4, 0.5) is 0 Å². The molecule has 1 N–H and O–H groups in total. The maximum absolute atomic E-state index is 12.2. The lowest BCUT2D eigenvalue weighted by molar-refractivity contribution is -0.350. The molecule has 2 aliphatic heterocycles. The van der Waals surface area contributed by atoms with Gasteiger partial charge in [0.1, 0.15) is 42.7 Å². The third-order valence-electron chi connectivity index (χ3n) is 11.3. The number of rotatable bonds is 18. The summed E-state index contributed by atoms with van der Waals surface area (Å²) in [5.74, 6) is 0. The van der Waals surface area contributed by atoms with E-state index in [0.717, 1.165) is 22.3 Å². The molecule has 12 nitrogen and oxygen atoms in total. The zero-order valence-corrected chi connectivity index (χ0v) is 35.9. The van der Waals surface area contributed by atoms with E-state index in [4.69, 9.17) is 37.6 Å². The van der Waals surface area contributed by atoms with Crippen LogP contribution < -0.4 is 0 Å². The molecule has 13 heteroatoms. The standard InChI is InChI=1S/C46H59N3O9Si/c1-32-40(52-28-34-21-13-8-14-22-34)42(53-29-35-23-15-9-16-24-35)43(54-30-36-25-17-10-18-26-36)45(55-32)57-41-38(48-49-47)44(58-59(5,6)46(2,3)4)56-37(39(41)50)31-51-27-33-19-11-7-12-20-33/h7-26,32,37-45,50H,27-31H2,1-6H3/t32-,37+,38+,39+,40+,41+,42+,43-,44-,45-/m0/s1. The summed E-state index contributed by atoms with van der Waals surface area (Å²) < 4.78 is 53.2. The molecule has 2 heterocycles. The van der Waals surface area contributed by atoms with Gasteiger partial charge in [0.05, 0.1) is 39.1 Å². The molecule has 0 saturated carbocycles. The van der Waals surface area contributed by atoms with Crippen molar-refractivity contribution in [3.8, 4) is 0 Å². The van der Waals surface area contributed by atoms with Gasteiger partial charge in [0.25, 0.3) is 0 Å². The zero-order valence-electron chi connectivity index (χ0n) is 34.9. The van der Waals surface area contributed by atoms with Crippen LogP contribution in [0.5, 0.6) is 0 Å². The van der Waals surface area contributed by atoms with E-state index in [1.54, 1.807) is 0 Å². The number of aliphatic hydroxyl groups is 1. The summed E-state index contributed by atoms with van der Waals surface area (Å²) in [7, 11) is -2.53. The number of hydrogen-bond acceptors (Lipinski definition) is 10. The van der Waals surface area contributed by atoms with Crippen molar-refractivity contribution in [3.63, 3.8) is 0 Å². The predicted molar refractivity (Wildman–Crippen MR) is 226 cm³/mol. The van der Waals surface area contributed by atoms with Crippen molar-refractivity contribution in [1.82, 2.24) is 0 Å². The molecule has 4 aromatic carbocycles. The molecule has 0 bridgehead atoms. The Labute approximate surface area is 349 Å². The van der Waals surface area contributed by atoms with Crippen molar-refractivity contribution >= 4 is 8.32 Å². The van der Waals surface area contributed by atoms with Crippen molar-refractivity contribution in [3.05, 3.63) is 154 Å². The monoisotopic (exact) mass is 825 g/mol. The van der Waals surface area contributed by atoms with E-state index in [1.807, 2.05) is 128 Å². The molecule has 0 amide bonds. The molecule has 10 atom stereocenters. The molecule has 316 valence electrons. The van der Waals surface area contributed by atoms with Crippen LogP contribution in [0.15, 0.2) is 126 Å². The van der Waals surface area contributed by atoms with Crippen LogP contribution >= 0.6 is 0 Å². The minimum Gasteiger partial charge on any atom is -0.392 e. The summed E-state index contributed by atoms with van der Waals surface area (Å²) in [5, 5.41) is 16.1. The highest BCUT2D eigenvalue weighted by Crippen LogP contribution is 2.41. The van der Waals surface area contributed by atoms with E-state index < -0.39 is 69.7 Å². The number of benzene rings is 4. The van der Waals surface area contributed by atoms with Gasteiger partial charge in [0.2, 0.25) is 0 Å². The fourth-order valence-corrected chi connectivity index (χ4v) is 8.07. The number of azide groups is 1. The first-order chi connectivity index (χ1) is 28.4. The second kappa shape index (κ2) is 21.0. The summed E-state index contributed by atoms with van der Waals surface area (Å²) in [5.41, 5.74) is 13.8. The summed E-state index contributed by atoms with van der Waals surface area (Å²) in [6.45, 7) is 13.6. The Morgan fingerprint density at radius 3 is 1.58 bits per heavy atom. The molecule has 0 aromatic heterocycles. The second-order valence-electron chi connectivity index (χ2n) is 16.7. The van der Waals surface area contributed by atoms with Gasteiger partial charge >= 0.3 is 0 Å². The molecule has 0 radical (unpaired) electrons. The summed E-state index contributed by atoms with van der Waals surface area (Å²) >= 11 is 0. The molecule has 2 fully saturated rings. The molecular formula is C46H59N3O9Si. The molecule has 2 saturated heterocycles. The fraction of sp³-hybridized carbons (Fsp3) is 0.478. The van der Waals surface area contributed by atoms with E-state index >= 15 is 0 Å². The first kappa shape index (κ1) is 44.6. The van der Waals surface area contributed by atoms with Gasteiger partial charge in [-0.25, -0.2) is 0 Å². The van der Waals surface area contributed by atoms with Gasteiger partial charge in [-0.15, -0.1) is 0 Å². The minimum absolute atomic E-state index is 0.0182. The van der Waals surface area contributed by atoms with Crippen LogP contribution in [0.1, 0.15) is 49.9 Å². The number of nitrogens with zero attached hydrogens (tertiary/aromatic N) is 3. The van der Waals surface area contributed by atoms with E-state index in [0.29, 0.717) is 13.2 Å². The molecule has 0 spiro atoms. The van der Waals surface area contributed by atoms with Crippen LogP contribution in [0.25, 0.3) is 10.4 Å². The normalized spacial score (nSPS) is 27.5. The van der Waals surface area contributed by atoms with Crippen molar-refractivity contribution < 1.29 is 42.7 Å². The maximum atomic E-state index is 12.2. The average Bonchev–Trinajstić information content (AvgIpc) is 3.23. The van der Waals surface area contributed by atoms with Gasteiger partial charge in [-0.3, -0.25) is 0 Å². The fourth-order valence-electron chi connectivity index (χ4n) is 6.95. The highest BCUT2D eigenvalue weighted by molar-refractivity contribution is 6.74. The molecule has 2 aliphatic rings. The van der Waals surface area contributed by atoms with E-state index in [1.165, 1.54) is 0 Å². The second-order valence-corrected chi connectivity index (χ2v) is 21.5. The van der Waals surface area contributed by atoms with Crippen LogP contribution in [-0.4, -0.2) is 81.4 Å². The van der Waals surface area contributed by atoms with Gasteiger partial charge in [-0.1, -0.05) is 147 Å². The van der Waals surface area contributed by atoms with Gasteiger partial charge in [-0.2, -0.15) is 0 Å². The van der Waals surface area contributed by atoms with Gasteiger partial charge < -0.3 is 42.7 Å². The third kappa shape index (κ3) is 12.1. The van der Waals surface area contributed by atoms with Crippen LogP contribution in [0, 0.1) is 0 Å². The molecule has 0 aliphatic carbocycles. The van der Waals surface area contributed by atoms with Gasteiger partial charge in [0.15, 0.2) is 20.9 Å². The smallest absolute Gasteiger partial charge is 0.195 e. The lowest BCUT2D eigenvalue weighted by atomic mass is 9.95. The minimum atomic E-state index is -2.53. The molecule has 0 unspecified atom stereocenters. The van der Waals surface area contributed by atoms with Crippen LogP contribution in [0.2, 0.25) is 18.1 Å². The topological polar surface area (TPSA) is 143 Å². The summed E-state index contributed by atoms with van der Waals surface area (Å²) in [6, 6.07) is 38.3. The number of hydrogen-bond donors (Lipinski definition) is 1. The summed E-state index contributed by atoms with van der Waals surface area (Å²) in [6.07, 6.45) is -8.24. The Morgan fingerprint density at radius 2 is 1.10 bits per heavy atom. The Morgan fingerprint density at radius 1 is 0.644 bits per heavy atom. The van der Waals surface area contributed by atoms with E-state index in [-0.39, 0.29) is 24.9 Å². The zero-order chi connectivity index (χ0) is 41.8. The van der Waals surface area contributed by atoms with Gasteiger partial charge in [-0.05, 0) is 52.8 Å². The SMILES string of the molecule is C[C@@H]1O[C@@H](O[C@H]2[C@H](O)[C@@H](COCc3ccccc3)O[C@@H](O[Si](C)(C)C(C)(C)C)[C@@H]2N=[N+]=[N-])[C@@H](OCc2ccccc2)[C@H](OCc2ccccc2)[C@@H]1OCc1ccccc1. The third-order valence-corrected chi connectivity index (χ3v) is 15.7. The molecule has 4 aromatic rings. The lowest BCUT2D eigenvalue weighted by Crippen LogP contribution is -2.65. The first-order valence-corrected chi connectivity index (χ1v) is 23.3. The molecular weight excluding hydrogens is 767 g/mol.